The molecule has 0 aromatic carbocycles. The molecule has 0 aromatic rings. The zero-order chi connectivity index (χ0) is 17.0. The Kier molecular flexibility index (Phi) is 6.13. The molecule has 0 aromatic heterocycles. The number of amides is 1. The molecule has 3 aliphatic heterocycles. The minimum absolute atomic E-state index is 0.0903. The average molecular weight is 340 g/mol. The van der Waals surface area contributed by atoms with Crippen molar-refractivity contribution in [1.29, 1.82) is 0 Å². The molecular formula is C18H32N2O4. The number of nitrogens with zero attached hydrogens (tertiary/aromatic N) is 2. The first kappa shape index (κ1) is 18.1. The quantitative estimate of drug-likeness (QED) is 0.818. The fourth-order valence-electron chi connectivity index (χ4n) is 4.85. The van der Waals surface area contributed by atoms with Crippen molar-refractivity contribution < 1.29 is 19.4 Å². The molecule has 0 bridgehead atoms. The van der Waals surface area contributed by atoms with Crippen molar-refractivity contribution in [2.24, 2.45) is 11.3 Å². The number of hydrogen-bond donors (Lipinski definition) is 1. The minimum Gasteiger partial charge on any atom is -0.396 e. The maximum absolute atomic E-state index is 12.0. The predicted molar refractivity (Wildman–Crippen MR) is 90.7 cm³/mol. The van der Waals surface area contributed by atoms with Crippen LogP contribution in [-0.2, 0) is 14.3 Å². The third kappa shape index (κ3) is 3.77. The lowest BCUT2D eigenvalue weighted by molar-refractivity contribution is -0.140. The maximum Gasteiger partial charge on any atom is 0.248 e. The van der Waals surface area contributed by atoms with Crippen LogP contribution in [0.2, 0.25) is 0 Å². The summed E-state index contributed by atoms with van der Waals surface area (Å²) in [6.45, 7) is 5.88. The highest BCUT2D eigenvalue weighted by Crippen LogP contribution is 2.45. The van der Waals surface area contributed by atoms with Crippen LogP contribution in [0, 0.1) is 11.3 Å². The van der Waals surface area contributed by atoms with E-state index in [1.807, 2.05) is 4.90 Å². The molecule has 24 heavy (non-hydrogen) atoms. The highest BCUT2D eigenvalue weighted by Gasteiger charge is 2.46. The molecular weight excluding hydrogens is 308 g/mol. The molecule has 6 heteroatoms. The first-order valence-electron chi connectivity index (χ1n) is 9.38. The summed E-state index contributed by atoms with van der Waals surface area (Å²) in [6.07, 6.45) is 5.39. The van der Waals surface area contributed by atoms with Gasteiger partial charge in [0.25, 0.3) is 0 Å². The third-order valence-corrected chi connectivity index (χ3v) is 6.53. The van der Waals surface area contributed by atoms with Gasteiger partial charge in [-0.2, -0.15) is 0 Å². The fourth-order valence-corrected chi connectivity index (χ4v) is 4.85. The third-order valence-electron chi connectivity index (χ3n) is 6.53. The topological polar surface area (TPSA) is 62.2 Å². The first-order valence-corrected chi connectivity index (χ1v) is 9.38. The summed E-state index contributed by atoms with van der Waals surface area (Å²) in [5.74, 6) is 0.418. The number of carbonyl (C=O) groups excluding carboxylic acids is 1. The molecule has 6 nitrogen and oxygen atoms in total. The van der Waals surface area contributed by atoms with Crippen LogP contribution in [0.25, 0.3) is 0 Å². The van der Waals surface area contributed by atoms with Crippen LogP contribution in [0.5, 0.6) is 0 Å². The molecule has 3 rings (SSSR count). The molecule has 0 radical (unpaired) electrons. The van der Waals surface area contributed by atoms with Crippen LogP contribution in [0.3, 0.4) is 0 Å². The average Bonchev–Trinajstić information content (AvgIpc) is 2.63. The second kappa shape index (κ2) is 8.13. The molecule has 1 spiro atoms. The number of piperidine rings is 2. The maximum atomic E-state index is 12.0. The van der Waals surface area contributed by atoms with Gasteiger partial charge in [0.2, 0.25) is 5.91 Å². The van der Waals surface area contributed by atoms with Gasteiger partial charge in [-0.3, -0.25) is 9.69 Å². The lowest BCUT2D eigenvalue weighted by Crippen LogP contribution is -2.56. The van der Waals surface area contributed by atoms with Crippen LogP contribution in [-0.4, -0.2) is 86.6 Å². The van der Waals surface area contributed by atoms with E-state index in [1.54, 1.807) is 7.11 Å². The number of methoxy groups -OCH3 is 1. The number of carbonyl (C=O) groups is 1. The van der Waals surface area contributed by atoms with Crippen molar-refractivity contribution in [2.75, 3.05) is 59.7 Å². The summed E-state index contributed by atoms with van der Waals surface area (Å²) in [5.41, 5.74) is 0.209. The smallest absolute Gasteiger partial charge is 0.248 e. The lowest BCUT2D eigenvalue weighted by atomic mass is 9.64. The van der Waals surface area contributed by atoms with E-state index in [0.29, 0.717) is 12.0 Å². The second-order valence-corrected chi connectivity index (χ2v) is 7.64. The van der Waals surface area contributed by atoms with E-state index >= 15 is 0 Å². The van der Waals surface area contributed by atoms with Crippen molar-refractivity contribution in [3.63, 3.8) is 0 Å². The first-order chi connectivity index (χ1) is 11.7. The summed E-state index contributed by atoms with van der Waals surface area (Å²) >= 11 is 0. The van der Waals surface area contributed by atoms with Gasteiger partial charge in [0, 0.05) is 58.5 Å². The van der Waals surface area contributed by atoms with Gasteiger partial charge in [-0.25, -0.2) is 0 Å². The number of aliphatic hydroxyl groups excluding tert-OH is 1. The van der Waals surface area contributed by atoms with Crippen molar-refractivity contribution in [1.82, 2.24) is 9.80 Å². The van der Waals surface area contributed by atoms with Gasteiger partial charge < -0.3 is 19.5 Å². The van der Waals surface area contributed by atoms with Crippen LogP contribution < -0.4 is 0 Å². The molecule has 3 saturated heterocycles. The van der Waals surface area contributed by atoms with Gasteiger partial charge in [0.1, 0.15) is 6.61 Å². The summed E-state index contributed by atoms with van der Waals surface area (Å²) in [5, 5.41) is 10.0. The highest BCUT2D eigenvalue weighted by atomic mass is 16.5. The monoisotopic (exact) mass is 340 g/mol. The minimum atomic E-state index is 0.0903. The van der Waals surface area contributed by atoms with Crippen molar-refractivity contribution in [2.45, 2.75) is 38.1 Å². The number of aliphatic hydroxyl groups is 1. The summed E-state index contributed by atoms with van der Waals surface area (Å²) < 4.78 is 10.5. The van der Waals surface area contributed by atoms with Gasteiger partial charge in [-0.05, 0) is 44.1 Å². The van der Waals surface area contributed by atoms with E-state index in [1.165, 1.54) is 0 Å². The molecule has 3 heterocycles. The van der Waals surface area contributed by atoms with E-state index in [2.05, 4.69) is 4.90 Å². The lowest BCUT2D eigenvalue weighted by Gasteiger charge is -2.53. The molecule has 138 valence electrons. The van der Waals surface area contributed by atoms with Crippen LogP contribution >= 0.6 is 0 Å². The molecule has 3 fully saturated rings. The van der Waals surface area contributed by atoms with Gasteiger partial charge in [-0.15, -0.1) is 0 Å². The molecule has 1 amide bonds. The SMILES string of the molecule is COCC(=O)N1CCC2(CC1)CCN(C1CCOCC1)C[C@H]2CO. The Morgan fingerprint density at radius 1 is 1.21 bits per heavy atom. The second-order valence-electron chi connectivity index (χ2n) is 7.64. The number of likely N-dealkylation sites (tertiary alicyclic amines) is 2. The zero-order valence-electron chi connectivity index (χ0n) is 14.9. The van der Waals surface area contributed by atoms with Crippen LogP contribution in [0.4, 0.5) is 0 Å². The molecule has 0 saturated carbocycles. The van der Waals surface area contributed by atoms with E-state index < -0.39 is 0 Å². The van der Waals surface area contributed by atoms with E-state index in [0.717, 1.165) is 71.5 Å². The van der Waals surface area contributed by atoms with Gasteiger partial charge in [-0.1, -0.05) is 0 Å². The standard InChI is InChI=1S/C18H32N2O4/c1-23-14-17(22)19-7-4-18(5-8-19)6-9-20(12-15(18)13-21)16-2-10-24-11-3-16/h15-16,21H,2-14H2,1H3/t15-/m0/s1. The van der Waals surface area contributed by atoms with Crippen molar-refractivity contribution >= 4 is 5.91 Å². The number of hydrogen-bond acceptors (Lipinski definition) is 5. The van der Waals surface area contributed by atoms with Gasteiger partial charge in [0.05, 0.1) is 0 Å². The molecule has 1 N–H and O–H groups in total. The summed E-state index contributed by atoms with van der Waals surface area (Å²) in [7, 11) is 1.57. The summed E-state index contributed by atoms with van der Waals surface area (Å²) in [6, 6.07) is 0.619. The van der Waals surface area contributed by atoms with Crippen molar-refractivity contribution in [3.8, 4) is 0 Å². The fraction of sp³-hybridized carbons (Fsp3) is 0.944. The Morgan fingerprint density at radius 3 is 2.50 bits per heavy atom. The van der Waals surface area contributed by atoms with Gasteiger partial charge >= 0.3 is 0 Å². The normalized spacial score (nSPS) is 29.1. The number of ether oxygens (including phenoxy) is 2. The zero-order valence-corrected chi connectivity index (χ0v) is 14.9. The van der Waals surface area contributed by atoms with E-state index in [4.69, 9.17) is 9.47 Å². The summed E-state index contributed by atoms with van der Waals surface area (Å²) in [4.78, 5) is 16.5. The predicted octanol–water partition coefficient (Wildman–Crippen LogP) is 0.735. The molecule has 3 aliphatic rings. The Hall–Kier alpha value is -0.690. The van der Waals surface area contributed by atoms with Crippen LogP contribution in [0.1, 0.15) is 32.1 Å². The Bertz CT molecular complexity index is 417. The van der Waals surface area contributed by atoms with Crippen LogP contribution in [0.15, 0.2) is 0 Å². The largest absolute Gasteiger partial charge is 0.396 e. The molecule has 1 atom stereocenters. The molecule has 0 unspecified atom stereocenters. The van der Waals surface area contributed by atoms with Gasteiger partial charge in [0.15, 0.2) is 0 Å². The Morgan fingerprint density at radius 2 is 1.88 bits per heavy atom. The van der Waals surface area contributed by atoms with Crippen molar-refractivity contribution in [3.05, 3.63) is 0 Å². The van der Waals surface area contributed by atoms with E-state index in [9.17, 15) is 9.90 Å². The molecule has 0 aliphatic carbocycles. The van der Waals surface area contributed by atoms with E-state index in [-0.39, 0.29) is 24.5 Å². The Balaban J connectivity index is 1.57. The highest BCUT2D eigenvalue weighted by molar-refractivity contribution is 5.77. The number of rotatable bonds is 4. The Labute approximate surface area is 145 Å².